The van der Waals surface area contributed by atoms with E-state index in [9.17, 15) is 13.2 Å². The van der Waals surface area contributed by atoms with Crippen LogP contribution >= 0.6 is 0 Å². The maximum Gasteiger partial charge on any atom is 0.416 e. The second-order valence-electron chi connectivity index (χ2n) is 4.79. The summed E-state index contributed by atoms with van der Waals surface area (Å²) >= 11 is 0. The maximum absolute atomic E-state index is 12.5. The molecular weight excluding hydrogens is 267 g/mol. The Hall–Kier alpha value is -1.49. The molecule has 0 N–H and O–H groups in total. The van der Waals surface area contributed by atoms with Crippen LogP contribution < -0.4 is 4.74 Å². The highest BCUT2D eigenvalue weighted by Crippen LogP contribution is 2.31. The molecule has 5 heteroatoms. The van der Waals surface area contributed by atoms with Gasteiger partial charge in [0.05, 0.1) is 12.2 Å². The number of alkyl halides is 3. The fourth-order valence-electron chi connectivity index (χ4n) is 2.13. The van der Waals surface area contributed by atoms with E-state index >= 15 is 0 Å². The summed E-state index contributed by atoms with van der Waals surface area (Å²) in [5.74, 6) is 0.276. The van der Waals surface area contributed by atoms with Crippen molar-refractivity contribution in [1.82, 2.24) is 4.90 Å². The van der Waals surface area contributed by atoms with Gasteiger partial charge in [-0.05, 0) is 31.0 Å². The molecule has 0 unspecified atom stereocenters. The molecule has 0 aromatic heterocycles. The molecule has 20 heavy (non-hydrogen) atoms. The average Bonchev–Trinajstić information content (AvgIpc) is 2.44. The van der Waals surface area contributed by atoms with E-state index in [0.29, 0.717) is 6.61 Å². The van der Waals surface area contributed by atoms with Gasteiger partial charge in [-0.2, -0.15) is 13.2 Å². The van der Waals surface area contributed by atoms with Crippen LogP contribution in [0.25, 0.3) is 0 Å². The van der Waals surface area contributed by atoms with Gasteiger partial charge < -0.3 is 4.74 Å². The third-order valence-corrected chi connectivity index (χ3v) is 3.19. The van der Waals surface area contributed by atoms with Crippen LogP contribution in [-0.4, -0.2) is 31.1 Å². The van der Waals surface area contributed by atoms with Gasteiger partial charge in [-0.25, -0.2) is 0 Å². The first kappa shape index (κ1) is 14.9. The zero-order valence-electron chi connectivity index (χ0n) is 11.2. The van der Waals surface area contributed by atoms with Gasteiger partial charge in [0.15, 0.2) is 0 Å². The predicted octanol–water partition coefficient (Wildman–Crippen LogP) is 3.74. The number of benzene rings is 1. The third kappa shape index (κ3) is 4.56. The molecule has 2 rings (SSSR count). The van der Waals surface area contributed by atoms with Crippen LogP contribution in [0.2, 0.25) is 0 Å². The standard InChI is InChI=1S/C15H18F3NO/c16-15(17,18)13-6-4-7-14(12-13)20-11-5-10-19-8-2-1-3-9-19/h1-2,4,6-7,12H,3,5,8-11H2. The third-order valence-electron chi connectivity index (χ3n) is 3.19. The molecule has 0 spiro atoms. The van der Waals surface area contributed by atoms with Crippen LogP contribution in [0, 0.1) is 0 Å². The Morgan fingerprint density at radius 2 is 2.05 bits per heavy atom. The van der Waals surface area contributed by atoms with Crippen molar-refractivity contribution in [2.24, 2.45) is 0 Å². The molecule has 1 heterocycles. The van der Waals surface area contributed by atoms with E-state index in [1.54, 1.807) is 6.07 Å². The van der Waals surface area contributed by atoms with Crippen molar-refractivity contribution < 1.29 is 17.9 Å². The molecule has 1 aliphatic rings. The Balaban J connectivity index is 1.75. The predicted molar refractivity (Wildman–Crippen MR) is 71.8 cm³/mol. The minimum Gasteiger partial charge on any atom is -0.494 e. The van der Waals surface area contributed by atoms with Gasteiger partial charge in [0.2, 0.25) is 0 Å². The minimum atomic E-state index is -4.32. The number of rotatable bonds is 5. The molecule has 0 bridgehead atoms. The summed E-state index contributed by atoms with van der Waals surface area (Å²) in [4.78, 5) is 2.30. The van der Waals surface area contributed by atoms with Gasteiger partial charge in [-0.15, -0.1) is 0 Å². The summed E-state index contributed by atoms with van der Waals surface area (Å²) in [6.07, 6.45) is 1.85. The van der Waals surface area contributed by atoms with Crippen molar-refractivity contribution in [2.75, 3.05) is 26.2 Å². The molecule has 0 amide bonds. The molecular formula is C15H18F3NO. The Kier molecular flexibility index (Phi) is 5.06. The molecule has 110 valence electrons. The Morgan fingerprint density at radius 3 is 2.75 bits per heavy atom. The summed E-state index contributed by atoms with van der Waals surface area (Å²) in [7, 11) is 0. The van der Waals surface area contributed by atoms with Gasteiger partial charge in [-0.3, -0.25) is 4.90 Å². The van der Waals surface area contributed by atoms with E-state index < -0.39 is 11.7 Å². The topological polar surface area (TPSA) is 12.5 Å². The number of hydrogen-bond donors (Lipinski definition) is 0. The lowest BCUT2D eigenvalue weighted by molar-refractivity contribution is -0.137. The van der Waals surface area contributed by atoms with Gasteiger partial charge in [0, 0.05) is 19.6 Å². The number of ether oxygens (including phenoxy) is 1. The average molecular weight is 285 g/mol. The van der Waals surface area contributed by atoms with E-state index in [1.807, 2.05) is 0 Å². The minimum absolute atomic E-state index is 0.276. The zero-order chi connectivity index (χ0) is 14.4. The highest BCUT2D eigenvalue weighted by molar-refractivity contribution is 5.30. The molecule has 0 saturated heterocycles. The van der Waals surface area contributed by atoms with Crippen LogP contribution in [0.1, 0.15) is 18.4 Å². The smallest absolute Gasteiger partial charge is 0.416 e. The van der Waals surface area contributed by atoms with Crippen LogP contribution in [0.5, 0.6) is 5.75 Å². The second-order valence-corrected chi connectivity index (χ2v) is 4.79. The molecule has 0 aliphatic carbocycles. The lowest BCUT2D eigenvalue weighted by Crippen LogP contribution is -2.29. The van der Waals surface area contributed by atoms with Crippen molar-refractivity contribution >= 4 is 0 Å². The van der Waals surface area contributed by atoms with Crippen molar-refractivity contribution in [2.45, 2.75) is 19.0 Å². The molecule has 2 nitrogen and oxygen atoms in total. The van der Waals surface area contributed by atoms with E-state index in [-0.39, 0.29) is 5.75 Å². The van der Waals surface area contributed by atoms with E-state index in [1.165, 1.54) is 6.07 Å². The van der Waals surface area contributed by atoms with Gasteiger partial charge in [0.1, 0.15) is 5.75 Å². The first-order chi connectivity index (χ1) is 9.55. The number of hydrogen-bond acceptors (Lipinski definition) is 2. The first-order valence-electron chi connectivity index (χ1n) is 6.73. The van der Waals surface area contributed by atoms with Crippen molar-refractivity contribution in [3.63, 3.8) is 0 Å². The summed E-state index contributed by atoms with van der Waals surface area (Å²) in [5, 5.41) is 0. The lowest BCUT2D eigenvalue weighted by Gasteiger charge is -2.22. The van der Waals surface area contributed by atoms with Crippen LogP contribution in [-0.2, 0) is 6.18 Å². The highest BCUT2D eigenvalue weighted by atomic mass is 19.4. The van der Waals surface area contributed by atoms with Crippen molar-refractivity contribution in [1.29, 1.82) is 0 Å². The fourth-order valence-corrected chi connectivity index (χ4v) is 2.13. The largest absolute Gasteiger partial charge is 0.494 e. The highest BCUT2D eigenvalue weighted by Gasteiger charge is 2.30. The van der Waals surface area contributed by atoms with Crippen LogP contribution in [0.3, 0.4) is 0 Å². The zero-order valence-corrected chi connectivity index (χ0v) is 11.2. The Labute approximate surface area is 116 Å². The van der Waals surface area contributed by atoms with E-state index in [4.69, 9.17) is 4.74 Å². The Bertz CT molecular complexity index is 457. The first-order valence-corrected chi connectivity index (χ1v) is 6.73. The summed E-state index contributed by atoms with van der Waals surface area (Å²) in [6.45, 7) is 3.33. The molecule has 1 aromatic carbocycles. The lowest BCUT2D eigenvalue weighted by atomic mass is 10.2. The fraction of sp³-hybridized carbons (Fsp3) is 0.467. The van der Waals surface area contributed by atoms with Crippen LogP contribution in [0.4, 0.5) is 13.2 Å². The SMILES string of the molecule is FC(F)(F)c1cccc(OCCCN2CC=CCC2)c1. The van der Waals surface area contributed by atoms with Crippen molar-refractivity contribution in [3.05, 3.63) is 42.0 Å². The molecule has 1 aliphatic heterocycles. The summed E-state index contributed by atoms with van der Waals surface area (Å²) in [6, 6.07) is 5.02. The van der Waals surface area contributed by atoms with E-state index in [2.05, 4.69) is 17.1 Å². The molecule has 0 saturated carbocycles. The maximum atomic E-state index is 12.5. The van der Waals surface area contributed by atoms with Crippen molar-refractivity contribution in [3.8, 4) is 5.75 Å². The molecule has 0 atom stereocenters. The monoisotopic (exact) mass is 285 g/mol. The van der Waals surface area contributed by atoms with Crippen LogP contribution in [0.15, 0.2) is 36.4 Å². The summed E-state index contributed by atoms with van der Waals surface area (Å²) in [5.41, 5.74) is -0.670. The van der Waals surface area contributed by atoms with E-state index in [0.717, 1.165) is 44.6 Å². The normalized spacial score (nSPS) is 16.4. The number of halogens is 3. The molecule has 1 aromatic rings. The van der Waals surface area contributed by atoms with Gasteiger partial charge in [0.25, 0.3) is 0 Å². The number of nitrogens with zero attached hydrogens (tertiary/aromatic N) is 1. The Morgan fingerprint density at radius 1 is 1.20 bits per heavy atom. The second kappa shape index (κ2) is 6.79. The summed E-state index contributed by atoms with van der Waals surface area (Å²) < 4.78 is 43.0. The quantitative estimate of drug-likeness (QED) is 0.603. The van der Waals surface area contributed by atoms with Gasteiger partial charge >= 0.3 is 6.18 Å². The van der Waals surface area contributed by atoms with Gasteiger partial charge in [-0.1, -0.05) is 18.2 Å². The molecule has 0 radical (unpaired) electrons. The molecule has 0 fully saturated rings.